The number of amides is 3. The fraction of sp³-hybridized carbons (Fsp3) is 0.359. The number of hydrogen-bond donors (Lipinski definition) is 1. The number of para-hydroxylation sites is 1. The van der Waals surface area contributed by atoms with Crippen molar-refractivity contribution in [1.29, 1.82) is 0 Å². The molecular weight excluding hydrogens is 602 g/mol. The van der Waals surface area contributed by atoms with E-state index in [2.05, 4.69) is 29.2 Å². The highest BCUT2D eigenvalue weighted by Crippen LogP contribution is 2.36. The molecule has 0 bridgehead atoms. The molecule has 1 aromatic heterocycles. The first-order valence-corrected chi connectivity index (χ1v) is 16.9. The Labute approximate surface area is 282 Å². The summed E-state index contributed by atoms with van der Waals surface area (Å²) in [5, 5.41) is 9.80. The molecule has 3 amide bonds. The van der Waals surface area contributed by atoms with E-state index < -0.39 is 6.09 Å². The first kappa shape index (κ1) is 31.7. The Hall–Kier alpha value is -4.89. The van der Waals surface area contributed by atoms with Crippen LogP contribution in [0.3, 0.4) is 0 Å². The van der Waals surface area contributed by atoms with Gasteiger partial charge < -0.3 is 29.3 Å². The van der Waals surface area contributed by atoms with Gasteiger partial charge in [-0.15, -0.1) is 0 Å². The Balaban J connectivity index is 1.32. The molecule has 0 aliphatic carbocycles. The number of aromatic nitrogens is 1. The number of fused-ring (bicyclic) bond motifs is 2. The minimum atomic E-state index is -0.959. The second kappa shape index (κ2) is 13.0. The first-order valence-electron chi connectivity index (χ1n) is 16.9. The quantitative estimate of drug-likeness (QED) is 0.279. The summed E-state index contributed by atoms with van der Waals surface area (Å²) in [7, 11) is 3.72. The van der Waals surface area contributed by atoms with Gasteiger partial charge in [-0.25, -0.2) is 4.79 Å². The molecular formula is C39H43N5O4. The van der Waals surface area contributed by atoms with Gasteiger partial charge in [-0.05, 0) is 98.3 Å². The molecule has 7 rings (SSSR count). The number of carboxylic acid groups (broad SMARTS) is 1. The summed E-state index contributed by atoms with van der Waals surface area (Å²) in [5.74, 6) is -0.186. The Bertz CT molecular complexity index is 1880. The Kier molecular flexibility index (Phi) is 8.56. The molecule has 4 aromatic rings. The van der Waals surface area contributed by atoms with E-state index in [9.17, 15) is 14.7 Å². The van der Waals surface area contributed by atoms with E-state index in [1.54, 1.807) is 11.9 Å². The van der Waals surface area contributed by atoms with Crippen molar-refractivity contribution in [1.82, 2.24) is 19.3 Å². The normalized spacial score (nSPS) is 17.6. The zero-order chi connectivity index (χ0) is 33.5. The van der Waals surface area contributed by atoms with E-state index in [-0.39, 0.29) is 24.4 Å². The Morgan fingerprint density at radius 3 is 2.27 bits per heavy atom. The summed E-state index contributed by atoms with van der Waals surface area (Å²) in [4.78, 5) is 48.4. The summed E-state index contributed by atoms with van der Waals surface area (Å²) < 4.78 is 2.00. The van der Waals surface area contributed by atoms with Crippen LogP contribution in [0.2, 0.25) is 0 Å². The van der Waals surface area contributed by atoms with Crippen molar-refractivity contribution < 1.29 is 19.5 Å². The molecule has 0 radical (unpaired) electrons. The van der Waals surface area contributed by atoms with E-state index in [1.165, 1.54) is 23.3 Å². The maximum Gasteiger partial charge on any atom is 0.407 e. The lowest BCUT2D eigenvalue weighted by molar-refractivity contribution is 0.0594. The third-order valence-corrected chi connectivity index (χ3v) is 10.6. The molecule has 0 spiro atoms. The van der Waals surface area contributed by atoms with Gasteiger partial charge in [-0.2, -0.15) is 0 Å². The fourth-order valence-electron chi connectivity index (χ4n) is 7.69. The third-order valence-electron chi connectivity index (χ3n) is 10.6. The van der Waals surface area contributed by atoms with Crippen LogP contribution in [0, 0.1) is 6.92 Å². The average Bonchev–Trinajstić information content (AvgIpc) is 3.73. The molecule has 3 aliphatic rings. The van der Waals surface area contributed by atoms with Crippen LogP contribution in [0.5, 0.6) is 0 Å². The van der Waals surface area contributed by atoms with Crippen LogP contribution < -0.4 is 4.90 Å². The van der Waals surface area contributed by atoms with Gasteiger partial charge in [0.2, 0.25) is 0 Å². The minimum absolute atomic E-state index is 0.0108. The third kappa shape index (κ3) is 5.87. The van der Waals surface area contributed by atoms with Crippen molar-refractivity contribution in [2.45, 2.75) is 51.7 Å². The SMILES string of the molecule is Cc1c(C(=O)N(C)c2ccccc2)cc(-c2cc3c(cc2C(=O)N2Cc4ccccc4C[C@H]2CN2CCCC2)CN(C(=O)O)CC3)n1C. The molecule has 9 heteroatoms. The van der Waals surface area contributed by atoms with Crippen LogP contribution in [-0.4, -0.2) is 81.5 Å². The summed E-state index contributed by atoms with van der Waals surface area (Å²) in [6.45, 7) is 6.01. The largest absolute Gasteiger partial charge is 0.465 e. The average molecular weight is 646 g/mol. The van der Waals surface area contributed by atoms with Gasteiger partial charge >= 0.3 is 6.09 Å². The zero-order valence-electron chi connectivity index (χ0n) is 28.0. The molecule has 0 unspecified atom stereocenters. The summed E-state index contributed by atoms with van der Waals surface area (Å²) in [5.41, 5.74) is 8.63. The van der Waals surface area contributed by atoms with Gasteiger partial charge in [0.1, 0.15) is 0 Å². The van der Waals surface area contributed by atoms with Crippen molar-refractivity contribution >= 4 is 23.6 Å². The van der Waals surface area contributed by atoms with Crippen molar-refractivity contribution in [3.8, 4) is 11.3 Å². The van der Waals surface area contributed by atoms with E-state index in [0.717, 1.165) is 65.4 Å². The van der Waals surface area contributed by atoms with E-state index >= 15 is 4.79 Å². The smallest absolute Gasteiger partial charge is 0.407 e. The molecule has 248 valence electrons. The molecule has 3 aliphatic heterocycles. The lowest BCUT2D eigenvalue weighted by atomic mass is 9.89. The molecule has 48 heavy (non-hydrogen) atoms. The van der Waals surface area contributed by atoms with Gasteiger partial charge in [0.05, 0.1) is 5.56 Å². The van der Waals surface area contributed by atoms with Crippen LogP contribution in [0.4, 0.5) is 10.5 Å². The summed E-state index contributed by atoms with van der Waals surface area (Å²) in [6, 6.07) is 23.9. The number of rotatable bonds is 6. The number of carbonyl (C=O) groups excluding carboxylic acids is 2. The highest BCUT2D eigenvalue weighted by molar-refractivity contribution is 6.08. The maximum atomic E-state index is 15.0. The Morgan fingerprint density at radius 2 is 1.54 bits per heavy atom. The summed E-state index contributed by atoms with van der Waals surface area (Å²) in [6.07, 6.45) is 2.75. The highest BCUT2D eigenvalue weighted by atomic mass is 16.4. The maximum absolute atomic E-state index is 15.0. The van der Waals surface area contributed by atoms with Crippen molar-refractivity contribution in [2.24, 2.45) is 7.05 Å². The molecule has 1 fully saturated rings. The van der Waals surface area contributed by atoms with Crippen LogP contribution in [0.25, 0.3) is 11.3 Å². The van der Waals surface area contributed by atoms with Gasteiger partial charge in [-0.3, -0.25) is 9.59 Å². The molecule has 1 N–H and O–H groups in total. The molecule has 0 saturated carbocycles. The highest BCUT2D eigenvalue weighted by Gasteiger charge is 2.35. The van der Waals surface area contributed by atoms with Crippen LogP contribution in [-0.2, 0) is 33.0 Å². The van der Waals surface area contributed by atoms with Crippen molar-refractivity contribution in [3.63, 3.8) is 0 Å². The second-order valence-corrected chi connectivity index (χ2v) is 13.5. The molecule has 1 atom stereocenters. The van der Waals surface area contributed by atoms with E-state index in [4.69, 9.17) is 0 Å². The molecule has 4 heterocycles. The monoisotopic (exact) mass is 645 g/mol. The number of anilines is 1. The first-order chi connectivity index (χ1) is 23.2. The van der Waals surface area contributed by atoms with Crippen LogP contribution >= 0.6 is 0 Å². The molecule has 9 nitrogen and oxygen atoms in total. The minimum Gasteiger partial charge on any atom is -0.465 e. The number of likely N-dealkylation sites (tertiary alicyclic amines) is 1. The van der Waals surface area contributed by atoms with Gasteiger partial charge in [-0.1, -0.05) is 42.5 Å². The summed E-state index contributed by atoms with van der Waals surface area (Å²) >= 11 is 0. The van der Waals surface area contributed by atoms with Crippen molar-refractivity contribution in [2.75, 3.05) is 38.1 Å². The standard InChI is InChI=1S/C39H43N5O4/c1-26-33(37(45)41(3)31-13-5-4-6-14-31)22-36(40(26)2)34-20-28-15-18-43(39(47)48)23-30(28)21-35(34)38(46)44-24-29-12-8-7-11-27(29)19-32(44)25-42-16-9-10-17-42/h4-8,11-14,20-22,32H,9-10,15-19,23-25H2,1-3H3,(H,47,48)/t32-/m0/s1. The number of carbonyl (C=O) groups is 3. The second-order valence-electron chi connectivity index (χ2n) is 13.5. The number of hydrogen-bond acceptors (Lipinski definition) is 4. The van der Waals surface area contributed by atoms with Crippen LogP contribution in [0.15, 0.2) is 72.8 Å². The number of nitrogens with zero attached hydrogens (tertiary/aromatic N) is 5. The van der Waals surface area contributed by atoms with Crippen LogP contribution in [0.1, 0.15) is 61.5 Å². The van der Waals surface area contributed by atoms with Crippen molar-refractivity contribution in [3.05, 3.63) is 112 Å². The molecule has 3 aromatic carbocycles. The lowest BCUT2D eigenvalue weighted by Crippen LogP contribution is -2.49. The van der Waals surface area contributed by atoms with E-state index in [0.29, 0.717) is 30.6 Å². The number of benzene rings is 3. The van der Waals surface area contributed by atoms with Gasteiger partial charge in [0, 0.05) is 74.5 Å². The van der Waals surface area contributed by atoms with Gasteiger partial charge in [0.25, 0.3) is 11.8 Å². The predicted molar refractivity (Wildman–Crippen MR) is 186 cm³/mol. The topological polar surface area (TPSA) is 89.3 Å². The molecule has 1 saturated heterocycles. The zero-order valence-corrected chi connectivity index (χ0v) is 28.0. The lowest BCUT2D eigenvalue weighted by Gasteiger charge is -2.39. The van der Waals surface area contributed by atoms with E-state index in [1.807, 2.05) is 72.0 Å². The predicted octanol–water partition coefficient (Wildman–Crippen LogP) is 5.98. The fourth-order valence-corrected chi connectivity index (χ4v) is 7.69. The van der Waals surface area contributed by atoms with Gasteiger partial charge in [0.15, 0.2) is 0 Å². The Morgan fingerprint density at radius 1 is 0.833 bits per heavy atom.